The smallest absolute Gasteiger partial charge is 0.189 e. The van der Waals surface area contributed by atoms with E-state index < -0.39 is 0 Å². The summed E-state index contributed by atoms with van der Waals surface area (Å²) < 4.78 is 0. The van der Waals surface area contributed by atoms with Crippen LogP contribution in [0.5, 0.6) is 0 Å². The van der Waals surface area contributed by atoms with Crippen molar-refractivity contribution in [1.82, 2.24) is 0 Å². The fourth-order valence-corrected chi connectivity index (χ4v) is 3.37. The van der Waals surface area contributed by atoms with Crippen molar-refractivity contribution in [2.75, 3.05) is 0 Å². The molecule has 0 saturated carbocycles. The van der Waals surface area contributed by atoms with Gasteiger partial charge < -0.3 is 0 Å². The van der Waals surface area contributed by atoms with Crippen LogP contribution in [0.2, 0.25) is 0 Å². The summed E-state index contributed by atoms with van der Waals surface area (Å²) in [7, 11) is 0. The Morgan fingerprint density at radius 3 is 2.59 bits per heavy atom. The van der Waals surface area contributed by atoms with Gasteiger partial charge in [0.15, 0.2) is 5.78 Å². The molecule has 0 amide bonds. The first-order valence-electron chi connectivity index (χ1n) is 7.82. The predicted octanol–water partition coefficient (Wildman–Crippen LogP) is 3.45. The Balaban J connectivity index is 2.20. The molecule has 0 unspecified atom stereocenters. The Bertz CT molecular complexity index is 857. The van der Waals surface area contributed by atoms with Crippen molar-refractivity contribution in [3.63, 3.8) is 0 Å². The predicted molar refractivity (Wildman–Crippen MR) is 92.6 cm³/mol. The molecule has 0 aliphatic heterocycles. The molecule has 0 aromatic heterocycles. The maximum absolute atomic E-state index is 12.7. The van der Waals surface area contributed by atoms with Crippen molar-refractivity contribution in [2.45, 2.75) is 34.1 Å². The third-order valence-electron chi connectivity index (χ3n) is 4.73. The zero-order chi connectivity index (χ0) is 15.9. The van der Waals surface area contributed by atoms with E-state index in [9.17, 15) is 4.79 Å². The van der Waals surface area contributed by atoms with E-state index in [2.05, 4.69) is 45.1 Å². The normalized spacial score (nSPS) is 21.9. The topological polar surface area (TPSA) is 17.1 Å². The van der Waals surface area contributed by atoms with Crippen molar-refractivity contribution >= 4 is 17.4 Å². The number of hydrogen-bond acceptors (Lipinski definition) is 1. The Morgan fingerprint density at radius 1 is 1.14 bits per heavy atom. The number of allylic oxidation sites excluding steroid dienone is 6. The van der Waals surface area contributed by atoms with Crippen LogP contribution in [-0.2, 0) is 4.79 Å². The first-order chi connectivity index (χ1) is 10.4. The number of carbonyl (C=O) groups is 1. The van der Waals surface area contributed by atoms with E-state index >= 15 is 0 Å². The van der Waals surface area contributed by atoms with Gasteiger partial charge in [0.05, 0.1) is 0 Å². The SMILES string of the molecule is CC1=C(/C=C2/C=c3ccccc3=C(C)C2=O)C(C)(C)CC=C1. The largest absolute Gasteiger partial charge is 0.289 e. The van der Waals surface area contributed by atoms with Gasteiger partial charge in [-0.1, -0.05) is 50.3 Å². The van der Waals surface area contributed by atoms with Crippen LogP contribution in [0, 0.1) is 5.41 Å². The lowest BCUT2D eigenvalue weighted by Crippen LogP contribution is -2.33. The Kier molecular flexibility index (Phi) is 3.52. The molecule has 0 bridgehead atoms. The van der Waals surface area contributed by atoms with Crippen molar-refractivity contribution in [1.29, 1.82) is 0 Å². The highest BCUT2D eigenvalue weighted by atomic mass is 16.1. The summed E-state index contributed by atoms with van der Waals surface area (Å²) in [6.45, 7) is 8.53. The number of rotatable bonds is 1. The molecule has 112 valence electrons. The second kappa shape index (κ2) is 5.24. The average Bonchev–Trinajstić information content (AvgIpc) is 2.47. The van der Waals surface area contributed by atoms with E-state index in [1.165, 1.54) is 11.1 Å². The van der Waals surface area contributed by atoms with Crippen LogP contribution in [0.15, 0.2) is 59.2 Å². The van der Waals surface area contributed by atoms with Gasteiger partial charge in [0.2, 0.25) is 0 Å². The minimum absolute atomic E-state index is 0.0742. The molecule has 22 heavy (non-hydrogen) atoms. The van der Waals surface area contributed by atoms with E-state index in [-0.39, 0.29) is 11.2 Å². The average molecular weight is 290 g/mol. The highest BCUT2D eigenvalue weighted by molar-refractivity contribution is 6.28. The number of Topliss-reactive ketones (excluding diaryl/α,β-unsaturated/α-hetero) is 1. The number of benzene rings is 1. The fraction of sp³-hybridized carbons (Fsp3) is 0.286. The molecule has 0 saturated heterocycles. The lowest BCUT2D eigenvalue weighted by molar-refractivity contribution is -0.110. The maximum Gasteiger partial charge on any atom is 0.189 e. The summed E-state index contributed by atoms with van der Waals surface area (Å²) in [5.41, 5.74) is 4.23. The van der Waals surface area contributed by atoms with Gasteiger partial charge >= 0.3 is 0 Å². The lowest BCUT2D eigenvalue weighted by Gasteiger charge is -2.30. The summed E-state index contributed by atoms with van der Waals surface area (Å²) in [4.78, 5) is 12.7. The minimum Gasteiger partial charge on any atom is -0.289 e. The van der Waals surface area contributed by atoms with Crippen molar-refractivity contribution < 1.29 is 4.79 Å². The summed E-state index contributed by atoms with van der Waals surface area (Å²) in [6, 6.07) is 8.10. The van der Waals surface area contributed by atoms with E-state index in [0.29, 0.717) is 0 Å². The molecular formula is C21H22O. The van der Waals surface area contributed by atoms with Gasteiger partial charge in [-0.3, -0.25) is 4.79 Å². The van der Waals surface area contributed by atoms with E-state index in [1.54, 1.807) is 0 Å². The molecule has 2 aliphatic carbocycles. The van der Waals surface area contributed by atoms with Gasteiger partial charge in [-0.25, -0.2) is 0 Å². The molecule has 0 radical (unpaired) electrons. The van der Waals surface area contributed by atoms with Gasteiger partial charge in [-0.15, -0.1) is 0 Å². The summed E-state index contributed by atoms with van der Waals surface area (Å²) in [6.07, 6.45) is 9.52. The molecule has 0 N–H and O–H groups in total. The lowest BCUT2D eigenvalue weighted by atomic mass is 9.74. The molecule has 1 aromatic carbocycles. The van der Waals surface area contributed by atoms with Gasteiger partial charge in [-0.2, -0.15) is 0 Å². The van der Waals surface area contributed by atoms with Crippen LogP contribution in [0.1, 0.15) is 34.1 Å². The molecule has 0 atom stereocenters. The summed E-state index contributed by atoms with van der Waals surface area (Å²) in [5.74, 6) is 0.143. The zero-order valence-corrected chi connectivity index (χ0v) is 13.7. The van der Waals surface area contributed by atoms with Crippen LogP contribution < -0.4 is 10.4 Å². The van der Waals surface area contributed by atoms with Crippen LogP contribution >= 0.6 is 0 Å². The summed E-state index contributed by atoms with van der Waals surface area (Å²) >= 11 is 0. The Morgan fingerprint density at radius 2 is 1.86 bits per heavy atom. The molecule has 1 heteroatoms. The second-order valence-electron chi connectivity index (χ2n) is 6.87. The maximum atomic E-state index is 12.7. The zero-order valence-electron chi connectivity index (χ0n) is 13.7. The summed E-state index contributed by atoms with van der Waals surface area (Å²) in [5, 5.41) is 2.19. The third kappa shape index (κ3) is 2.41. The molecule has 1 nitrogen and oxygen atoms in total. The van der Waals surface area contributed by atoms with Gasteiger partial charge in [-0.05, 0) is 59.4 Å². The van der Waals surface area contributed by atoms with Crippen LogP contribution in [-0.4, -0.2) is 5.78 Å². The van der Waals surface area contributed by atoms with Gasteiger partial charge in [0.25, 0.3) is 0 Å². The number of hydrogen-bond donors (Lipinski definition) is 0. The quantitative estimate of drug-likeness (QED) is 0.724. The number of ketones is 1. The minimum atomic E-state index is 0.0742. The first kappa shape index (κ1) is 14.8. The monoisotopic (exact) mass is 290 g/mol. The van der Waals surface area contributed by atoms with Crippen LogP contribution in [0.25, 0.3) is 11.6 Å². The van der Waals surface area contributed by atoms with Crippen molar-refractivity contribution in [3.8, 4) is 0 Å². The second-order valence-corrected chi connectivity index (χ2v) is 6.87. The van der Waals surface area contributed by atoms with E-state index in [0.717, 1.165) is 28.0 Å². The molecule has 1 aromatic rings. The van der Waals surface area contributed by atoms with Crippen LogP contribution in [0.3, 0.4) is 0 Å². The fourth-order valence-electron chi connectivity index (χ4n) is 3.37. The molecule has 0 spiro atoms. The molecule has 2 aliphatic rings. The van der Waals surface area contributed by atoms with Gasteiger partial charge in [0, 0.05) is 11.1 Å². The van der Waals surface area contributed by atoms with Gasteiger partial charge in [0.1, 0.15) is 0 Å². The molecular weight excluding hydrogens is 268 g/mol. The van der Waals surface area contributed by atoms with Crippen molar-refractivity contribution in [2.24, 2.45) is 5.41 Å². The standard InChI is InChI=1S/C21H22O/c1-14-8-7-11-21(3,4)19(14)13-17-12-16-9-5-6-10-18(16)15(2)20(17)22/h5-10,12-13H,11H2,1-4H3/b17-13-. The highest BCUT2D eigenvalue weighted by Crippen LogP contribution is 2.38. The highest BCUT2D eigenvalue weighted by Gasteiger charge is 2.26. The first-order valence-corrected chi connectivity index (χ1v) is 7.82. The van der Waals surface area contributed by atoms with Crippen molar-refractivity contribution in [3.05, 3.63) is 69.7 Å². The molecule has 0 fully saturated rings. The van der Waals surface area contributed by atoms with Crippen LogP contribution in [0.4, 0.5) is 0 Å². The Hall–Kier alpha value is -2.15. The third-order valence-corrected chi connectivity index (χ3v) is 4.73. The molecule has 3 rings (SSSR count). The Labute approximate surface area is 132 Å². The molecule has 0 heterocycles. The van der Waals surface area contributed by atoms with E-state index in [4.69, 9.17) is 0 Å². The number of fused-ring (bicyclic) bond motifs is 1. The number of carbonyl (C=O) groups excluding carboxylic acids is 1. The van der Waals surface area contributed by atoms with E-state index in [1.807, 2.05) is 31.2 Å².